The quantitative estimate of drug-likeness (QED) is 0.0309. The monoisotopic (exact) mass is 1010 g/mol. The van der Waals surface area contributed by atoms with Crippen LogP contribution in [0.1, 0.15) is 54.4 Å². The summed E-state index contributed by atoms with van der Waals surface area (Å²) in [6.45, 7) is 1.55. The summed E-state index contributed by atoms with van der Waals surface area (Å²) in [5, 5.41) is 91.3. The molecule has 2 aliphatic rings. The maximum absolute atomic E-state index is 13.9. The summed E-state index contributed by atoms with van der Waals surface area (Å²) in [5.74, 6) is -5.42. The lowest BCUT2D eigenvalue weighted by molar-refractivity contribution is -0.141. The standard InChI is InChI=1S/C47H69N11O14/c59-39(28-53-15-17-54(29-42(64)65)19-21-56(31-44(68)69)22-20-55(18-16-53)30-43(66)67)52-36(9-10-40(60)61)45(70)50-11-4-14-57-26-34-23-33(7-8-35(34)51-37(47(57)72)24-41(62)63)46(71)58(27-38-48-12-13-49-38)25-32-5-2-1-3-6-32/h1-3,5-8,12-13,23,36-37,39,45-46,50-52,59,70-71H,4,9-11,14-22,24-31H2,(H,48,49)(H,60,61)(H,62,63)(H,64,65)(H,66,67)(H,68,69)/t36-,37-,39?,45?,46?/m0/s1. The summed E-state index contributed by atoms with van der Waals surface area (Å²) in [4.78, 5) is 89.9. The van der Waals surface area contributed by atoms with E-state index in [0.717, 1.165) is 5.56 Å². The van der Waals surface area contributed by atoms with Crippen LogP contribution in [0.3, 0.4) is 0 Å². The molecule has 5 atom stereocenters. The predicted molar refractivity (Wildman–Crippen MR) is 258 cm³/mol. The molecule has 72 heavy (non-hydrogen) atoms. The van der Waals surface area contributed by atoms with Crippen molar-refractivity contribution in [1.82, 2.24) is 50.0 Å². The lowest BCUT2D eigenvalue weighted by Gasteiger charge is -2.34. The van der Waals surface area contributed by atoms with Crippen LogP contribution in [-0.2, 0) is 48.4 Å². The number of anilines is 1. The number of fused-ring (bicyclic) bond motifs is 1. The molecule has 25 heteroatoms. The molecular weight excluding hydrogens is 943 g/mol. The molecule has 1 fully saturated rings. The van der Waals surface area contributed by atoms with Gasteiger partial charge in [-0.05, 0) is 48.2 Å². The van der Waals surface area contributed by atoms with Gasteiger partial charge >= 0.3 is 29.8 Å². The zero-order valence-corrected chi connectivity index (χ0v) is 40.2. The van der Waals surface area contributed by atoms with Crippen LogP contribution in [0, 0.1) is 0 Å². The average molecular weight is 1010 g/mol. The van der Waals surface area contributed by atoms with Crippen LogP contribution >= 0.6 is 0 Å². The van der Waals surface area contributed by atoms with Crippen molar-refractivity contribution in [3.8, 4) is 0 Å². The highest BCUT2D eigenvalue weighted by Gasteiger charge is 2.32. The Labute approximate surface area is 416 Å². The third-order valence-corrected chi connectivity index (χ3v) is 12.4. The Morgan fingerprint density at radius 3 is 1.89 bits per heavy atom. The molecule has 2 aliphatic heterocycles. The number of nitrogens with zero attached hydrogens (tertiary/aromatic N) is 7. The number of carbonyl (C=O) groups excluding carboxylic acids is 1. The van der Waals surface area contributed by atoms with E-state index in [-0.39, 0.29) is 124 Å². The average Bonchev–Trinajstić information content (AvgIpc) is 3.80. The number of aliphatic hydroxyl groups is 3. The molecule has 3 aromatic rings. The van der Waals surface area contributed by atoms with Gasteiger partial charge in [0.05, 0.1) is 32.6 Å². The molecule has 5 rings (SSSR count). The van der Waals surface area contributed by atoms with Gasteiger partial charge in [-0.3, -0.25) is 63.9 Å². The Bertz CT molecular complexity index is 2180. The van der Waals surface area contributed by atoms with Crippen LogP contribution in [0.4, 0.5) is 5.69 Å². The lowest BCUT2D eigenvalue weighted by Crippen LogP contribution is -2.55. The van der Waals surface area contributed by atoms with Gasteiger partial charge in [0.1, 0.15) is 30.5 Å². The molecule has 3 heterocycles. The van der Waals surface area contributed by atoms with Crippen molar-refractivity contribution in [3.63, 3.8) is 0 Å². The second-order valence-electron chi connectivity index (χ2n) is 18.1. The first-order valence-electron chi connectivity index (χ1n) is 23.9. The Morgan fingerprint density at radius 1 is 0.750 bits per heavy atom. The number of H-pyrrole nitrogens is 1. The first kappa shape index (κ1) is 56.8. The number of imidazole rings is 1. The van der Waals surface area contributed by atoms with Gasteiger partial charge < -0.3 is 56.1 Å². The van der Waals surface area contributed by atoms with Gasteiger partial charge in [0, 0.05) is 109 Å². The fourth-order valence-electron chi connectivity index (χ4n) is 8.76. The van der Waals surface area contributed by atoms with Crippen molar-refractivity contribution < 1.29 is 69.6 Å². The van der Waals surface area contributed by atoms with Crippen LogP contribution in [0.2, 0.25) is 0 Å². The maximum atomic E-state index is 13.9. The smallest absolute Gasteiger partial charge is 0.317 e. The van der Waals surface area contributed by atoms with Gasteiger partial charge in [-0.15, -0.1) is 0 Å². The van der Waals surface area contributed by atoms with E-state index in [0.29, 0.717) is 29.2 Å². The first-order chi connectivity index (χ1) is 34.4. The van der Waals surface area contributed by atoms with Crippen molar-refractivity contribution in [3.05, 3.63) is 83.4 Å². The largest absolute Gasteiger partial charge is 0.481 e. The molecule has 0 bridgehead atoms. The minimum atomic E-state index is -1.40. The number of aromatic nitrogens is 2. The molecule has 0 radical (unpaired) electrons. The van der Waals surface area contributed by atoms with E-state index in [1.807, 2.05) is 35.2 Å². The van der Waals surface area contributed by atoms with Crippen molar-refractivity contribution in [2.45, 2.75) is 76.1 Å². The molecule has 12 N–H and O–H groups in total. The zero-order chi connectivity index (χ0) is 52.2. The van der Waals surface area contributed by atoms with Gasteiger partial charge in [-0.2, -0.15) is 0 Å². The third-order valence-electron chi connectivity index (χ3n) is 12.4. The molecule has 396 valence electrons. The van der Waals surface area contributed by atoms with Gasteiger partial charge in [0.15, 0.2) is 0 Å². The van der Waals surface area contributed by atoms with Crippen LogP contribution < -0.4 is 16.0 Å². The molecule has 0 saturated carbocycles. The SMILES string of the molecule is O=C(O)CC[C@H](NC(O)CN1CCN(CC(=O)O)CCN(CC(=O)O)CCN(CC(=O)O)CC1)C(O)NCCCN1Cc2cc(C(O)N(Cc3ccccc3)Cc3ncc[nH]3)ccc2N[C@@H](CC(=O)O)C1=O. The second-order valence-corrected chi connectivity index (χ2v) is 18.1. The lowest BCUT2D eigenvalue weighted by atomic mass is 10.1. The van der Waals surface area contributed by atoms with Crippen molar-refractivity contribution >= 4 is 41.4 Å². The van der Waals surface area contributed by atoms with Crippen molar-refractivity contribution in [2.24, 2.45) is 0 Å². The fourth-order valence-corrected chi connectivity index (χ4v) is 8.76. The number of aliphatic hydroxyl groups excluding tert-OH is 3. The highest BCUT2D eigenvalue weighted by molar-refractivity contribution is 5.90. The van der Waals surface area contributed by atoms with Gasteiger partial charge in [-0.1, -0.05) is 36.4 Å². The number of carbonyl (C=O) groups is 6. The molecule has 3 unspecified atom stereocenters. The summed E-state index contributed by atoms with van der Waals surface area (Å²) in [7, 11) is 0. The van der Waals surface area contributed by atoms with E-state index < -0.39 is 72.9 Å². The minimum Gasteiger partial charge on any atom is -0.481 e. The summed E-state index contributed by atoms with van der Waals surface area (Å²) in [6, 6.07) is 12.7. The number of carboxylic acid groups (broad SMARTS) is 5. The number of rotatable bonds is 27. The third kappa shape index (κ3) is 19.5. The number of aliphatic carboxylic acids is 5. The summed E-state index contributed by atoms with van der Waals surface area (Å²) in [5.41, 5.74) is 2.65. The molecule has 2 aromatic carbocycles. The number of aromatic amines is 1. The summed E-state index contributed by atoms with van der Waals surface area (Å²) >= 11 is 0. The molecule has 0 spiro atoms. The minimum absolute atomic E-state index is 0.0635. The normalized spacial score (nSPS) is 18.7. The fraction of sp³-hybridized carbons (Fsp3) is 0.553. The molecular formula is C47H69N11O14. The molecule has 1 amide bonds. The molecule has 0 aliphatic carbocycles. The van der Waals surface area contributed by atoms with E-state index in [4.69, 9.17) is 0 Å². The Morgan fingerprint density at radius 2 is 1.35 bits per heavy atom. The number of amides is 1. The number of β-amino-alcohol motifs (C(OH)–C–C–N with tert-alkyl or cyclic N) is 1. The van der Waals surface area contributed by atoms with Gasteiger partial charge in [0.25, 0.3) is 0 Å². The Kier molecular flexibility index (Phi) is 22.7. The van der Waals surface area contributed by atoms with E-state index in [9.17, 15) is 69.6 Å². The Balaban J connectivity index is 1.24. The summed E-state index contributed by atoms with van der Waals surface area (Å²) < 4.78 is 0. The Hall–Kier alpha value is -6.13. The number of hydrogen-bond acceptors (Lipinski definition) is 18. The van der Waals surface area contributed by atoms with Crippen LogP contribution in [-0.4, -0.2) is 232 Å². The highest BCUT2D eigenvalue weighted by Crippen LogP contribution is 2.30. The zero-order valence-electron chi connectivity index (χ0n) is 40.2. The van der Waals surface area contributed by atoms with Crippen molar-refractivity contribution in [2.75, 3.05) is 96.9 Å². The highest BCUT2D eigenvalue weighted by atomic mass is 16.4. The van der Waals surface area contributed by atoms with E-state index in [2.05, 4.69) is 25.9 Å². The van der Waals surface area contributed by atoms with E-state index in [1.54, 1.807) is 50.2 Å². The predicted octanol–water partition coefficient (Wildman–Crippen LogP) is -1.38. The topological polar surface area (TPSA) is 348 Å². The number of carboxylic acids is 5. The number of nitrogens with one attached hydrogen (secondary N) is 4. The first-order valence-corrected chi connectivity index (χ1v) is 23.9. The summed E-state index contributed by atoms with van der Waals surface area (Å²) in [6.07, 6.45) is -1.27. The maximum Gasteiger partial charge on any atom is 0.317 e. The number of hydrogen-bond donors (Lipinski definition) is 12. The molecule has 1 saturated heterocycles. The van der Waals surface area contributed by atoms with E-state index in [1.165, 1.54) is 4.90 Å². The van der Waals surface area contributed by atoms with E-state index >= 15 is 0 Å². The molecule has 1 aromatic heterocycles. The van der Waals surface area contributed by atoms with Gasteiger partial charge in [-0.25, -0.2) is 4.98 Å². The van der Waals surface area contributed by atoms with Crippen molar-refractivity contribution in [1.29, 1.82) is 0 Å². The van der Waals surface area contributed by atoms with Crippen LogP contribution in [0.5, 0.6) is 0 Å². The van der Waals surface area contributed by atoms with Crippen LogP contribution in [0.25, 0.3) is 0 Å². The molecule has 25 nitrogen and oxygen atoms in total. The van der Waals surface area contributed by atoms with Crippen LogP contribution in [0.15, 0.2) is 60.9 Å². The number of benzene rings is 2. The van der Waals surface area contributed by atoms with Gasteiger partial charge in [0.2, 0.25) is 5.91 Å². The second kappa shape index (κ2) is 28.8.